The number of nitrogens with zero attached hydrogens (tertiary/aromatic N) is 1. The maximum Gasteiger partial charge on any atom is 0.344 e. The first-order valence-electron chi connectivity index (χ1n) is 4.71. The fourth-order valence-corrected chi connectivity index (χ4v) is 1.79. The first kappa shape index (κ1) is 14.1. The number of rotatable bonds is 4. The minimum Gasteiger partial charge on any atom is -0.480 e. The van der Waals surface area contributed by atoms with E-state index in [9.17, 15) is 13.6 Å². The van der Waals surface area contributed by atoms with E-state index in [0.717, 1.165) is 6.07 Å². The summed E-state index contributed by atoms with van der Waals surface area (Å²) in [5, 5.41) is 0. The molecule has 7 heteroatoms. The Morgan fingerprint density at radius 2 is 2.24 bits per heavy atom. The molecule has 0 aliphatic rings. The zero-order valence-corrected chi connectivity index (χ0v) is 11.3. The van der Waals surface area contributed by atoms with Gasteiger partial charge in [-0.15, -0.1) is 0 Å². The number of methoxy groups -OCH3 is 1. The molecule has 0 N–H and O–H groups in total. The average molecular weight is 357 g/mol. The van der Waals surface area contributed by atoms with Crippen LogP contribution in [-0.2, 0) is 4.74 Å². The molecule has 17 heavy (non-hydrogen) atoms. The summed E-state index contributed by atoms with van der Waals surface area (Å²) in [4.78, 5) is 15.5. The summed E-state index contributed by atoms with van der Waals surface area (Å²) in [7, 11) is 1.26. The molecule has 4 nitrogen and oxygen atoms in total. The minimum absolute atomic E-state index is 0.0939. The Balaban J connectivity index is 3.36. The van der Waals surface area contributed by atoms with E-state index in [0.29, 0.717) is 3.70 Å². The van der Waals surface area contributed by atoms with Gasteiger partial charge in [-0.25, -0.2) is 18.6 Å². The van der Waals surface area contributed by atoms with E-state index in [1.54, 1.807) is 29.5 Å². The largest absolute Gasteiger partial charge is 0.480 e. The highest BCUT2D eigenvalue weighted by molar-refractivity contribution is 14.1. The number of pyridine rings is 1. The maximum atomic E-state index is 12.8. The van der Waals surface area contributed by atoms with Crippen LogP contribution in [-0.4, -0.2) is 24.7 Å². The van der Waals surface area contributed by atoms with Gasteiger partial charge in [0.2, 0.25) is 5.88 Å². The third kappa shape index (κ3) is 3.24. The molecule has 0 unspecified atom stereocenters. The molecule has 94 valence electrons. The van der Waals surface area contributed by atoms with E-state index in [-0.39, 0.29) is 18.1 Å². The van der Waals surface area contributed by atoms with Crippen LogP contribution in [0.15, 0.2) is 6.07 Å². The van der Waals surface area contributed by atoms with Gasteiger partial charge < -0.3 is 9.47 Å². The number of ether oxygens (including phenoxy) is 2. The molecule has 0 bridgehead atoms. The first-order chi connectivity index (χ1) is 8.01. The van der Waals surface area contributed by atoms with Crippen LogP contribution >= 0.6 is 22.6 Å². The van der Waals surface area contributed by atoms with E-state index in [2.05, 4.69) is 4.98 Å². The van der Waals surface area contributed by atoms with Crippen LogP contribution in [0, 0.1) is 3.70 Å². The number of alkyl halides is 2. The summed E-state index contributed by atoms with van der Waals surface area (Å²) in [6.07, 6.45) is -2.79. The molecule has 0 aliphatic heterocycles. The molecule has 0 amide bonds. The Morgan fingerprint density at radius 3 is 2.71 bits per heavy atom. The van der Waals surface area contributed by atoms with E-state index < -0.39 is 18.0 Å². The molecule has 0 saturated heterocycles. The van der Waals surface area contributed by atoms with Crippen molar-refractivity contribution >= 4 is 28.6 Å². The predicted molar refractivity (Wildman–Crippen MR) is 64.4 cm³/mol. The van der Waals surface area contributed by atoms with Crippen molar-refractivity contribution in [2.75, 3.05) is 13.7 Å². The quantitative estimate of drug-likeness (QED) is 0.473. The molecule has 1 rings (SSSR count). The lowest BCUT2D eigenvalue weighted by Crippen LogP contribution is -2.12. The number of carbonyl (C=O) groups is 1. The van der Waals surface area contributed by atoms with Gasteiger partial charge in [0.25, 0.3) is 6.43 Å². The number of halogens is 3. The average Bonchev–Trinajstić information content (AvgIpc) is 2.27. The van der Waals surface area contributed by atoms with Crippen LogP contribution in [0.25, 0.3) is 0 Å². The van der Waals surface area contributed by atoms with Crippen molar-refractivity contribution < 1.29 is 23.0 Å². The SMILES string of the molecule is CCOC(=O)c1c(C(F)F)cc(I)nc1OC. The molecule has 0 atom stereocenters. The lowest BCUT2D eigenvalue weighted by Gasteiger charge is -2.12. The topological polar surface area (TPSA) is 48.4 Å². The van der Waals surface area contributed by atoms with Crippen LogP contribution in [0.4, 0.5) is 8.78 Å². The second kappa shape index (κ2) is 6.08. The van der Waals surface area contributed by atoms with E-state index in [1.807, 2.05) is 0 Å². The Labute approximate surface area is 110 Å². The van der Waals surface area contributed by atoms with Gasteiger partial charge >= 0.3 is 5.97 Å². The maximum absolute atomic E-state index is 12.8. The standard InChI is InChI=1S/C10H10F2INO3/c1-3-17-10(15)7-5(8(11)12)4-6(13)14-9(7)16-2/h4,8H,3H2,1-2H3. The highest BCUT2D eigenvalue weighted by atomic mass is 127. The summed E-state index contributed by atoms with van der Waals surface area (Å²) in [5.74, 6) is -1.01. The molecule has 0 aliphatic carbocycles. The van der Waals surface area contributed by atoms with Crippen molar-refractivity contribution in [3.63, 3.8) is 0 Å². The zero-order chi connectivity index (χ0) is 13.0. The Hall–Kier alpha value is -0.990. The lowest BCUT2D eigenvalue weighted by atomic mass is 10.1. The predicted octanol–water partition coefficient (Wildman–Crippen LogP) is 2.81. The highest BCUT2D eigenvalue weighted by Gasteiger charge is 2.26. The van der Waals surface area contributed by atoms with Gasteiger partial charge in [-0.3, -0.25) is 0 Å². The lowest BCUT2D eigenvalue weighted by molar-refractivity contribution is 0.0510. The molecule has 1 heterocycles. The van der Waals surface area contributed by atoms with Gasteiger partial charge in [0.05, 0.1) is 13.7 Å². The minimum atomic E-state index is -2.79. The Morgan fingerprint density at radius 1 is 1.59 bits per heavy atom. The number of hydrogen-bond acceptors (Lipinski definition) is 4. The van der Waals surface area contributed by atoms with Gasteiger partial charge in [-0.2, -0.15) is 0 Å². The van der Waals surface area contributed by atoms with Crippen LogP contribution in [0.5, 0.6) is 5.88 Å². The van der Waals surface area contributed by atoms with Crippen molar-refractivity contribution in [1.82, 2.24) is 4.98 Å². The second-order valence-corrected chi connectivity index (χ2v) is 4.04. The third-order valence-corrected chi connectivity index (χ3v) is 2.45. The van der Waals surface area contributed by atoms with Crippen LogP contribution in [0.1, 0.15) is 29.3 Å². The van der Waals surface area contributed by atoms with Crippen molar-refractivity contribution in [3.8, 4) is 5.88 Å². The van der Waals surface area contributed by atoms with Crippen LogP contribution < -0.4 is 4.74 Å². The molecule has 0 radical (unpaired) electrons. The molecular formula is C10H10F2INO3. The Kier molecular flexibility index (Phi) is 5.03. The number of aromatic nitrogens is 1. The number of esters is 1. The normalized spacial score (nSPS) is 10.5. The summed E-state index contributed by atoms with van der Waals surface area (Å²) in [6, 6.07) is 1.14. The summed E-state index contributed by atoms with van der Waals surface area (Å²) in [5.41, 5.74) is -0.746. The first-order valence-corrected chi connectivity index (χ1v) is 5.78. The monoisotopic (exact) mass is 357 g/mol. The fourth-order valence-electron chi connectivity index (χ4n) is 1.24. The zero-order valence-electron chi connectivity index (χ0n) is 9.17. The smallest absolute Gasteiger partial charge is 0.344 e. The molecule has 0 fully saturated rings. The third-order valence-electron chi connectivity index (χ3n) is 1.89. The van der Waals surface area contributed by atoms with Gasteiger partial charge in [0.1, 0.15) is 9.26 Å². The van der Waals surface area contributed by atoms with Crippen molar-refractivity contribution in [2.24, 2.45) is 0 Å². The van der Waals surface area contributed by atoms with Gasteiger partial charge in [0.15, 0.2) is 0 Å². The van der Waals surface area contributed by atoms with Crippen molar-refractivity contribution in [1.29, 1.82) is 0 Å². The number of hydrogen-bond donors (Lipinski definition) is 0. The fraction of sp³-hybridized carbons (Fsp3) is 0.400. The van der Waals surface area contributed by atoms with E-state index in [1.165, 1.54) is 7.11 Å². The van der Waals surface area contributed by atoms with Gasteiger partial charge in [-0.1, -0.05) is 0 Å². The molecule has 1 aromatic rings. The van der Waals surface area contributed by atoms with Crippen LogP contribution in [0.3, 0.4) is 0 Å². The molecule has 0 aromatic carbocycles. The van der Waals surface area contributed by atoms with Gasteiger partial charge in [0, 0.05) is 5.56 Å². The highest BCUT2D eigenvalue weighted by Crippen LogP contribution is 2.30. The van der Waals surface area contributed by atoms with Gasteiger partial charge in [-0.05, 0) is 35.6 Å². The number of carbonyl (C=O) groups excluding carboxylic acids is 1. The second-order valence-electron chi connectivity index (χ2n) is 2.94. The van der Waals surface area contributed by atoms with Crippen LogP contribution in [0.2, 0.25) is 0 Å². The van der Waals surface area contributed by atoms with E-state index in [4.69, 9.17) is 9.47 Å². The summed E-state index contributed by atoms with van der Waals surface area (Å²) < 4.78 is 35.5. The van der Waals surface area contributed by atoms with Crippen molar-refractivity contribution in [2.45, 2.75) is 13.3 Å². The van der Waals surface area contributed by atoms with E-state index >= 15 is 0 Å². The summed E-state index contributed by atoms with van der Waals surface area (Å²) in [6.45, 7) is 1.68. The Bertz CT molecular complexity index is 426. The molecule has 0 spiro atoms. The van der Waals surface area contributed by atoms with Crippen molar-refractivity contribution in [3.05, 3.63) is 20.9 Å². The molecule has 1 aromatic heterocycles. The molecular weight excluding hydrogens is 347 g/mol. The molecule has 0 saturated carbocycles. The summed E-state index contributed by atoms with van der Waals surface area (Å²) >= 11 is 1.77.